The maximum absolute atomic E-state index is 10.3. The van der Waals surface area contributed by atoms with E-state index in [0.29, 0.717) is 37.3 Å². The van der Waals surface area contributed by atoms with E-state index in [2.05, 4.69) is 38.3 Å². The summed E-state index contributed by atoms with van der Waals surface area (Å²) < 4.78 is 16.2. The van der Waals surface area contributed by atoms with E-state index < -0.39 is 6.10 Å². The number of rotatable bonds is 9. The summed E-state index contributed by atoms with van der Waals surface area (Å²) in [5.74, 6) is 1.37. The largest absolute Gasteiger partial charge is 0.493 e. The summed E-state index contributed by atoms with van der Waals surface area (Å²) in [7, 11) is 3.23. The summed E-state index contributed by atoms with van der Waals surface area (Å²) in [4.78, 5) is 0. The topological polar surface area (TPSA) is 72.0 Å². The molecule has 0 bridgehead atoms. The fourth-order valence-corrected chi connectivity index (χ4v) is 4.11. The van der Waals surface area contributed by atoms with Crippen LogP contribution in [0.15, 0.2) is 18.2 Å². The van der Waals surface area contributed by atoms with Crippen molar-refractivity contribution in [3.8, 4) is 11.5 Å². The predicted octanol–water partition coefficient (Wildman–Crippen LogP) is 2.48. The van der Waals surface area contributed by atoms with E-state index in [1.807, 2.05) is 18.2 Å². The van der Waals surface area contributed by atoms with Gasteiger partial charge in [-0.2, -0.15) is 0 Å². The van der Waals surface area contributed by atoms with Crippen LogP contribution in [0.2, 0.25) is 0 Å². The summed E-state index contributed by atoms with van der Waals surface area (Å²) in [6.45, 7) is 10.2. The van der Waals surface area contributed by atoms with Crippen LogP contribution in [0, 0.1) is 0 Å². The van der Waals surface area contributed by atoms with Crippen LogP contribution in [0.3, 0.4) is 0 Å². The average molecular weight is 381 g/mol. The fraction of sp³-hybridized carbons (Fsp3) is 0.714. The lowest BCUT2D eigenvalue weighted by Crippen LogP contribution is -2.62. The van der Waals surface area contributed by atoms with Gasteiger partial charge in [-0.25, -0.2) is 0 Å². The molecule has 6 heteroatoms. The second kappa shape index (κ2) is 9.24. The highest BCUT2D eigenvalue weighted by molar-refractivity contribution is 5.42. The molecule has 1 fully saturated rings. The van der Waals surface area contributed by atoms with Crippen LogP contribution in [0.4, 0.5) is 0 Å². The molecule has 0 saturated carbocycles. The normalized spacial score (nSPS) is 20.3. The second-order valence-electron chi connectivity index (χ2n) is 8.76. The van der Waals surface area contributed by atoms with Crippen molar-refractivity contribution >= 4 is 0 Å². The minimum absolute atomic E-state index is 0.0916. The van der Waals surface area contributed by atoms with Crippen molar-refractivity contribution in [3.05, 3.63) is 23.8 Å². The highest BCUT2D eigenvalue weighted by Gasteiger charge is 2.37. The van der Waals surface area contributed by atoms with E-state index in [1.54, 1.807) is 14.2 Å². The highest BCUT2D eigenvalue weighted by Crippen LogP contribution is 2.29. The molecule has 6 nitrogen and oxygen atoms in total. The molecule has 1 atom stereocenters. The maximum atomic E-state index is 10.3. The van der Waals surface area contributed by atoms with Gasteiger partial charge < -0.3 is 30.0 Å². The Kier molecular flexibility index (Phi) is 7.51. The SMILES string of the molecule is COc1ccc(COC[C@@H](O)CNC2CC(C)(C)NC(C)(C)C2)cc1OC. The highest BCUT2D eigenvalue weighted by atomic mass is 16.5. The fourth-order valence-electron chi connectivity index (χ4n) is 4.11. The Bertz CT molecular complexity index is 588. The Labute approximate surface area is 163 Å². The van der Waals surface area contributed by atoms with Crippen LogP contribution in [0.1, 0.15) is 46.1 Å². The monoisotopic (exact) mass is 380 g/mol. The van der Waals surface area contributed by atoms with Crippen LogP contribution in [-0.2, 0) is 11.3 Å². The number of aliphatic hydroxyl groups excluding tert-OH is 1. The van der Waals surface area contributed by atoms with E-state index in [0.717, 1.165) is 18.4 Å². The molecule has 1 aliphatic heterocycles. The lowest BCUT2D eigenvalue weighted by atomic mass is 9.79. The Morgan fingerprint density at radius 1 is 1.11 bits per heavy atom. The first-order valence-electron chi connectivity index (χ1n) is 9.63. The Morgan fingerprint density at radius 2 is 1.74 bits per heavy atom. The molecule has 0 unspecified atom stereocenters. The summed E-state index contributed by atoms with van der Waals surface area (Å²) in [6.07, 6.45) is 1.54. The van der Waals surface area contributed by atoms with Crippen molar-refractivity contribution in [1.82, 2.24) is 10.6 Å². The van der Waals surface area contributed by atoms with Gasteiger partial charge in [0.15, 0.2) is 11.5 Å². The summed E-state index contributed by atoms with van der Waals surface area (Å²) in [6, 6.07) is 6.07. The van der Waals surface area contributed by atoms with Gasteiger partial charge in [0, 0.05) is 23.7 Å². The molecule has 27 heavy (non-hydrogen) atoms. The predicted molar refractivity (Wildman–Crippen MR) is 108 cm³/mol. The zero-order chi connectivity index (χ0) is 20.1. The molecular weight excluding hydrogens is 344 g/mol. The number of benzene rings is 1. The van der Waals surface area contributed by atoms with E-state index in [9.17, 15) is 5.11 Å². The van der Waals surface area contributed by atoms with Crippen LogP contribution in [0.25, 0.3) is 0 Å². The Balaban J connectivity index is 1.74. The van der Waals surface area contributed by atoms with Gasteiger partial charge in [0.1, 0.15) is 0 Å². The van der Waals surface area contributed by atoms with Crippen molar-refractivity contribution in [2.75, 3.05) is 27.4 Å². The number of aliphatic hydroxyl groups is 1. The molecule has 0 spiro atoms. The van der Waals surface area contributed by atoms with Gasteiger partial charge in [0.2, 0.25) is 0 Å². The van der Waals surface area contributed by atoms with Crippen LogP contribution in [0.5, 0.6) is 11.5 Å². The molecule has 1 aliphatic rings. The quantitative estimate of drug-likeness (QED) is 0.611. The number of hydrogen-bond acceptors (Lipinski definition) is 6. The third-order valence-corrected chi connectivity index (χ3v) is 4.86. The zero-order valence-corrected chi connectivity index (χ0v) is 17.6. The summed E-state index contributed by atoms with van der Waals surface area (Å²) in [5, 5.41) is 17.4. The Hall–Kier alpha value is -1.34. The molecule has 1 heterocycles. The minimum Gasteiger partial charge on any atom is -0.493 e. The van der Waals surface area contributed by atoms with Gasteiger partial charge in [-0.15, -0.1) is 0 Å². The smallest absolute Gasteiger partial charge is 0.161 e. The Morgan fingerprint density at radius 3 is 2.33 bits per heavy atom. The lowest BCUT2D eigenvalue weighted by Gasteiger charge is -2.47. The van der Waals surface area contributed by atoms with E-state index in [-0.39, 0.29) is 11.1 Å². The van der Waals surface area contributed by atoms with E-state index >= 15 is 0 Å². The van der Waals surface area contributed by atoms with Gasteiger partial charge in [0.05, 0.1) is 33.5 Å². The second-order valence-corrected chi connectivity index (χ2v) is 8.76. The summed E-state index contributed by atoms with van der Waals surface area (Å²) >= 11 is 0. The molecule has 1 aromatic rings. The number of nitrogens with one attached hydrogen (secondary N) is 2. The molecule has 1 aromatic carbocycles. The molecule has 3 N–H and O–H groups in total. The molecule has 2 rings (SSSR count). The maximum Gasteiger partial charge on any atom is 0.161 e. The standard InChI is InChI=1S/C21H36N2O4/c1-20(2)10-16(11-21(3,4)23-20)22-12-17(24)14-27-13-15-7-8-18(25-5)19(9-15)26-6/h7-9,16-17,22-24H,10-14H2,1-6H3/t17-/m0/s1. The zero-order valence-electron chi connectivity index (χ0n) is 17.6. The molecule has 0 aliphatic carbocycles. The summed E-state index contributed by atoms with van der Waals surface area (Å²) in [5.41, 5.74) is 1.16. The van der Waals surface area contributed by atoms with Crippen LogP contribution in [-0.4, -0.2) is 55.7 Å². The molecule has 154 valence electrons. The van der Waals surface area contributed by atoms with Crippen molar-refractivity contribution in [1.29, 1.82) is 0 Å². The van der Waals surface area contributed by atoms with Gasteiger partial charge >= 0.3 is 0 Å². The minimum atomic E-state index is -0.536. The molecule has 0 aromatic heterocycles. The van der Waals surface area contributed by atoms with E-state index in [1.165, 1.54) is 0 Å². The lowest BCUT2D eigenvalue weighted by molar-refractivity contribution is 0.0247. The van der Waals surface area contributed by atoms with Crippen LogP contribution < -0.4 is 20.1 Å². The van der Waals surface area contributed by atoms with Gasteiger partial charge in [-0.1, -0.05) is 6.07 Å². The van der Waals surface area contributed by atoms with Crippen molar-refractivity contribution in [3.63, 3.8) is 0 Å². The molecule has 0 amide bonds. The molecular formula is C21H36N2O4. The van der Waals surface area contributed by atoms with Crippen molar-refractivity contribution < 1.29 is 19.3 Å². The van der Waals surface area contributed by atoms with Crippen molar-refractivity contribution in [2.45, 2.75) is 70.4 Å². The van der Waals surface area contributed by atoms with Gasteiger partial charge in [-0.05, 0) is 58.2 Å². The van der Waals surface area contributed by atoms with Crippen LogP contribution >= 0.6 is 0 Å². The third kappa shape index (κ3) is 6.96. The third-order valence-electron chi connectivity index (χ3n) is 4.86. The van der Waals surface area contributed by atoms with E-state index in [4.69, 9.17) is 14.2 Å². The van der Waals surface area contributed by atoms with Gasteiger partial charge in [0.25, 0.3) is 0 Å². The number of hydrogen-bond donors (Lipinski definition) is 3. The first kappa shape index (κ1) is 22.0. The first-order valence-corrected chi connectivity index (χ1v) is 9.63. The first-order chi connectivity index (χ1) is 12.6. The molecule has 0 radical (unpaired) electrons. The molecule has 1 saturated heterocycles. The number of piperidine rings is 1. The van der Waals surface area contributed by atoms with Gasteiger partial charge in [-0.3, -0.25) is 0 Å². The number of ether oxygens (including phenoxy) is 3. The van der Waals surface area contributed by atoms with Crippen molar-refractivity contribution in [2.24, 2.45) is 0 Å². The average Bonchev–Trinajstić information content (AvgIpc) is 2.57. The number of methoxy groups -OCH3 is 2.